The number of ether oxygens (including phenoxy) is 1. The van der Waals surface area contributed by atoms with Gasteiger partial charge in [0, 0.05) is 6.42 Å². The van der Waals surface area contributed by atoms with Gasteiger partial charge in [-0.2, -0.15) is 0 Å². The lowest BCUT2D eigenvalue weighted by Gasteiger charge is -2.16. The van der Waals surface area contributed by atoms with Crippen molar-refractivity contribution in [3.8, 4) is 0 Å². The Morgan fingerprint density at radius 2 is 2.31 bits per heavy atom. The van der Waals surface area contributed by atoms with Gasteiger partial charge in [0.15, 0.2) is 5.78 Å². The Labute approximate surface area is 79.7 Å². The summed E-state index contributed by atoms with van der Waals surface area (Å²) in [5.41, 5.74) is 0. The molecule has 0 aromatic heterocycles. The number of ketones is 1. The monoisotopic (exact) mass is 182 g/mol. The van der Waals surface area contributed by atoms with E-state index in [1.807, 2.05) is 0 Å². The van der Waals surface area contributed by atoms with E-state index in [0.29, 0.717) is 17.8 Å². The molecule has 1 aliphatic carbocycles. The van der Waals surface area contributed by atoms with Gasteiger partial charge in [0.25, 0.3) is 0 Å². The average molecular weight is 182 g/mol. The lowest BCUT2D eigenvalue weighted by Crippen LogP contribution is -2.23. The second-order valence-corrected chi connectivity index (χ2v) is 4.28. The van der Waals surface area contributed by atoms with E-state index < -0.39 is 0 Å². The first-order valence-electron chi connectivity index (χ1n) is 5.51. The van der Waals surface area contributed by atoms with Crippen LogP contribution in [-0.4, -0.2) is 18.0 Å². The van der Waals surface area contributed by atoms with Crippen molar-refractivity contribution in [3.63, 3.8) is 0 Å². The molecule has 0 radical (unpaired) electrons. The van der Waals surface area contributed by atoms with Crippen molar-refractivity contribution < 1.29 is 9.53 Å². The molecule has 2 heteroatoms. The number of fused-ring (bicyclic) bond motifs is 1. The molecule has 2 fully saturated rings. The van der Waals surface area contributed by atoms with Crippen LogP contribution in [0, 0.1) is 5.92 Å². The molecule has 0 N–H and O–H groups in total. The van der Waals surface area contributed by atoms with Crippen LogP contribution in [0.25, 0.3) is 0 Å². The molecule has 74 valence electrons. The fourth-order valence-corrected chi connectivity index (χ4v) is 2.34. The minimum Gasteiger partial charge on any atom is -0.361 e. The Morgan fingerprint density at radius 1 is 1.46 bits per heavy atom. The normalized spacial score (nSPS) is 37.3. The highest BCUT2D eigenvalue weighted by Gasteiger charge is 2.51. The maximum atomic E-state index is 11.2. The van der Waals surface area contributed by atoms with Crippen LogP contribution in [0.2, 0.25) is 0 Å². The minimum atomic E-state index is 0.0142. The number of Topliss-reactive ketones (excluding diaryl/α,β-unsaturated/α-hetero) is 1. The summed E-state index contributed by atoms with van der Waals surface area (Å²) in [7, 11) is 0. The van der Waals surface area contributed by atoms with Crippen molar-refractivity contribution in [2.24, 2.45) is 5.92 Å². The molecule has 3 atom stereocenters. The van der Waals surface area contributed by atoms with Crippen LogP contribution >= 0.6 is 0 Å². The lowest BCUT2D eigenvalue weighted by atomic mass is 9.85. The Balaban J connectivity index is 1.73. The van der Waals surface area contributed by atoms with Gasteiger partial charge < -0.3 is 4.74 Å². The van der Waals surface area contributed by atoms with E-state index in [2.05, 4.69) is 6.92 Å². The van der Waals surface area contributed by atoms with Crippen molar-refractivity contribution >= 4 is 5.78 Å². The van der Waals surface area contributed by atoms with Crippen LogP contribution in [0.3, 0.4) is 0 Å². The highest BCUT2D eigenvalue weighted by atomic mass is 16.6. The van der Waals surface area contributed by atoms with Gasteiger partial charge in [-0.05, 0) is 18.8 Å². The van der Waals surface area contributed by atoms with Gasteiger partial charge in [-0.15, -0.1) is 0 Å². The Kier molecular flexibility index (Phi) is 2.68. The first-order chi connectivity index (χ1) is 6.33. The summed E-state index contributed by atoms with van der Waals surface area (Å²) in [6, 6.07) is 0. The third kappa shape index (κ3) is 1.93. The van der Waals surface area contributed by atoms with Crippen LogP contribution in [0.4, 0.5) is 0 Å². The first kappa shape index (κ1) is 9.20. The van der Waals surface area contributed by atoms with Gasteiger partial charge in [0.05, 0.1) is 6.10 Å². The third-order valence-electron chi connectivity index (χ3n) is 3.25. The second-order valence-electron chi connectivity index (χ2n) is 4.28. The molecule has 2 aliphatic rings. The van der Waals surface area contributed by atoms with Gasteiger partial charge in [-0.3, -0.25) is 4.79 Å². The van der Waals surface area contributed by atoms with E-state index >= 15 is 0 Å². The molecule has 13 heavy (non-hydrogen) atoms. The maximum Gasteiger partial charge on any atom is 0.164 e. The summed E-state index contributed by atoms with van der Waals surface area (Å²) >= 11 is 0. The summed E-state index contributed by atoms with van der Waals surface area (Å²) < 4.78 is 5.38. The van der Waals surface area contributed by atoms with Crippen LogP contribution < -0.4 is 0 Å². The van der Waals surface area contributed by atoms with E-state index in [-0.39, 0.29) is 6.10 Å². The van der Waals surface area contributed by atoms with Crippen molar-refractivity contribution in [2.45, 2.75) is 57.7 Å². The van der Waals surface area contributed by atoms with Crippen molar-refractivity contribution in [1.29, 1.82) is 0 Å². The fourth-order valence-electron chi connectivity index (χ4n) is 2.34. The summed E-state index contributed by atoms with van der Waals surface area (Å²) in [5, 5.41) is 0. The molecule has 2 nitrogen and oxygen atoms in total. The number of hydrogen-bond donors (Lipinski definition) is 0. The average Bonchev–Trinajstić information content (AvgIpc) is 2.89. The summed E-state index contributed by atoms with van der Waals surface area (Å²) in [5.74, 6) is 1.03. The van der Waals surface area contributed by atoms with Crippen molar-refractivity contribution in [2.75, 3.05) is 0 Å². The third-order valence-corrected chi connectivity index (χ3v) is 3.25. The molecule has 0 spiro atoms. The van der Waals surface area contributed by atoms with Crippen molar-refractivity contribution in [1.82, 2.24) is 0 Å². The molecule has 2 rings (SSSR count). The Bertz CT molecular complexity index is 200. The van der Waals surface area contributed by atoms with Crippen LogP contribution in [0.5, 0.6) is 0 Å². The molecule has 0 bridgehead atoms. The summed E-state index contributed by atoms with van der Waals surface area (Å²) in [6.07, 6.45) is 7.34. The molecule has 0 unspecified atom stereocenters. The zero-order chi connectivity index (χ0) is 9.26. The molecular formula is C11H18O2. The second kappa shape index (κ2) is 3.79. The zero-order valence-corrected chi connectivity index (χ0v) is 8.29. The van der Waals surface area contributed by atoms with Gasteiger partial charge in [-0.1, -0.05) is 26.2 Å². The minimum absolute atomic E-state index is 0.0142. The molecule has 1 saturated heterocycles. The van der Waals surface area contributed by atoms with Gasteiger partial charge >= 0.3 is 0 Å². The predicted molar refractivity (Wildman–Crippen MR) is 50.5 cm³/mol. The Hall–Kier alpha value is -0.370. The zero-order valence-electron chi connectivity index (χ0n) is 8.29. The highest BCUT2D eigenvalue weighted by molar-refractivity contribution is 5.86. The van der Waals surface area contributed by atoms with E-state index in [1.165, 1.54) is 25.7 Å². The van der Waals surface area contributed by atoms with E-state index in [4.69, 9.17) is 4.74 Å². The number of epoxide rings is 1. The molecule has 0 aromatic carbocycles. The van der Waals surface area contributed by atoms with E-state index in [1.54, 1.807) is 0 Å². The van der Waals surface area contributed by atoms with E-state index in [0.717, 1.165) is 12.8 Å². The van der Waals surface area contributed by atoms with Crippen molar-refractivity contribution in [3.05, 3.63) is 0 Å². The predicted octanol–water partition coefficient (Wildman–Crippen LogP) is 2.31. The smallest absolute Gasteiger partial charge is 0.164 e. The number of hydrogen-bond acceptors (Lipinski definition) is 2. The largest absolute Gasteiger partial charge is 0.361 e. The number of unbranched alkanes of at least 4 members (excludes halogenated alkanes) is 2. The fraction of sp³-hybridized carbons (Fsp3) is 0.909. The lowest BCUT2D eigenvalue weighted by molar-refractivity contribution is -0.120. The molecule has 1 heterocycles. The summed E-state index contributed by atoms with van der Waals surface area (Å²) in [4.78, 5) is 11.2. The first-order valence-corrected chi connectivity index (χ1v) is 5.51. The van der Waals surface area contributed by atoms with Gasteiger partial charge in [0.2, 0.25) is 0 Å². The molecule has 0 aromatic rings. The number of carbonyl (C=O) groups excluding carboxylic acids is 1. The van der Waals surface area contributed by atoms with Gasteiger partial charge in [-0.25, -0.2) is 0 Å². The highest BCUT2D eigenvalue weighted by Crippen LogP contribution is 2.40. The van der Waals surface area contributed by atoms with Crippen LogP contribution in [0.15, 0.2) is 0 Å². The Morgan fingerprint density at radius 3 is 3.08 bits per heavy atom. The summed E-state index contributed by atoms with van der Waals surface area (Å²) in [6.45, 7) is 2.22. The topological polar surface area (TPSA) is 29.6 Å². The van der Waals surface area contributed by atoms with Gasteiger partial charge in [0.1, 0.15) is 6.10 Å². The quantitative estimate of drug-likeness (QED) is 0.493. The van der Waals surface area contributed by atoms with E-state index in [9.17, 15) is 4.79 Å². The van der Waals surface area contributed by atoms with Crippen LogP contribution in [0.1, 0.15) is 45.4 Å². The number of rotatable bonds is 4. The SMILES string of the molecule is CCCCC[C@H]1CCC(=O)[C@@H]2O[C@H]12. The standard InChI is InChI=1S/C11H18O2/c1-2-3-4-5-8-6-7-9(12)11-10(8)13-11/h8,10-11H,2-7H2,1H3/t8-,10+,11-/m0/s1. The maximum absolute atomic E-state index is 11.2. The molecule has 1 aliphatic heterocycles. The molecule has 0 amide bonds. The number of carbonyl (C=O) groups is 1. The molecular weight excluding hydrogens is 164 g/mol. The van der Waals surface area contributed by atoms with Crippen LogP contribution in [-0.2, 0) is 9.53 Å². The molecule has 1 saturated carbocycles.